The quantitative estimate of drug-likeness (QED) is 0.908. The van der Waals surface area contributed by atoms with E-state index in [1.165, 1.54) is 18.9 Å². The molecule has 0 aromatic heterocycles. The molecule has 1 aliphatic rings. The van der Waals surface area contributed by atoms with E-state index in [-0.39, 0.29) is 11.9 Å². The summed E-state index contributed by atoms with van der Waals surface area (Å²) in [4.78, 5) is 2.45. The molecule has 0 spiro atoms. The van der Waals surface area contributed by atoms with E-state index < -0.39 is 0 Å². The van der Waals surface area contributed by atoms with Gasteiger partial charge in [0, 0.05) is 18.6 Å². The number of rotatable bonds is 3. The standard InChI is InChI=1S/C16H25FN2/c1-11-5-4-8-19(13(11)3)16(10-18)15-9-14(17)7-6-12(15)2/h6-7,9,11,13,16H,4-5,8,10,18H2,1-3H3. The molecule has 0 bridgehead atoms. The van der Waals surface area contributed by atoms with E-state index in [1.807, 2.05) is 13.0 Å². The molecular weight excluding hydrogens is 239 g/mol. The summed E-state index contributed by atoms with van der Waals surface area (Å²) < 4.78 is 13.5. The number of nitrogens with zero attached hydrogens (tertiary/aromatic N) is 1. The Morgan fingerprint density at radius 3 is 2.84 bits per heavy atom. The highest BCUT2D eigenvalue weighted by Crippen LogP contribution is 2.32. The first-order chi connectivity index (χ1) is 9.04. The average molecular weight is 264 g/mol. The highest BCUT2D eigenvalue weighted by molar-refractivity contribution is 5.30. The number of hydrogen-bond donors (Lipinski definition) is 1. The predicted molar refractivity (Wildman–Crippen MR) is 77.5 cm³/mol. The number of aryl methyl sites for hydroxylation is 1. The van der Waals surface area contributed by atoms with Gasteiger partial charge in [-0.3, -0.25) is 4.90 Å². The molecule has 0 amide bonds. The fraction of sp³-hybridized carbons (Fsp3) is 0.625. The van der Waals surface area contributed by atoms with Gasteiger partial charge in [0.25, 0.3) is 0 Å². The van der Waals surface area contributed by atoms with Crippen molar-refractivity contribution in [1.29, 1.82) is 0 Å². The van der Waals surface area contributed by atoms with Gasteiger partial charge in [0.05, 0.1) is 0 Å². The number of halogens is 1. The van der Waals surface area contributed by atoms with Gasteiger partial charge in [-0.15, -0.1) is 0 Å². The molecule has 3 atom stereocenters. The second kappa shape index (κ2) is 6.02. The number of benzene rings is 1. The van der Waals surface area contributed by atoms with Gasteiger partial charge in [-0.1, -0.05) is 13.0 Å². The van der Waals surface area contributed by atoms with Crippen LogP contribution in [0.5, 0.6) is 0 Å². The molecule has 2 N–H and O–H groups in total. The lowest BCUT2D eigenvalue weighted by Crippen LogP contribution is -2.46. The molecule has 0 radical (unpaired) electrons. The summed E-state index contributed by atoms with van der Waals surface area (Å²) >= 11 is 0. The smallest absolute Gasteiger partial charge is 0.123 e. The summed E-state index contributed by atoms with van der Waals surface area (Å²) in [6.45, 7) is 8.20. The molecular formula is C16H25FN2. The molecule has 3 unspecified atom stereocenters. The van der Waals surface area contributed by atoms with Gasteiger partial charge in [0.15, 0.2) is 0 Å². The lowest BCUT2D eigenvalue weighted by atomic mass is 9.88. The largest absolute Gasteiger partial charge is 0.329 e. The van der Waals surface area contributed by atoms with E-state index in [0.717, 1.165) is 17.7 Å². The van der Waals surface area contributed by atoms with Crippen molar-refractivity contribution in [3.8, 4) is 0 Å². The predicted octanol–water partition coefficient (Wildman–Crippen LogP) is 3.25. The molecule has 1 fully saturated rings. The third kappa shape index (κ3) is 2.98. The fourth-order valence-corrected chi connectivity index (χ4v) is 3.22. The van der Waals surface area contributed by atoms with Crippen LogP contribution >= 0.6 is 0 Å². The number of nitrogens with two attached hydrogens (primary N) is 1. The van der Waals surface area contributed by atoms with Crippen LogP contribution in [0.25, 0.3) is 0 Å². The molecule has 0 saturated carbocycles. The summed E-state index contributed by atoms with van der Waals surface area (Å²) in [7, 11) is 0. The van der Waals surface area contributed by atoms with Crippen LogP contribution in [-0.4, -0.2) is 24.0 Å². The van der Waals surface area contributed by atoms with E-state index in [0.29, 0.717) is 18.5 Å². The first-order valence-electron chi connectivity index (χ1n) is 7.26. The first kappa shape index (κ1) is 14.5. The molecule has 2 nitrogen and oxygen atoms in total. The normalized spacial score (nSPS) is 26.4. The van der Waals surface area contributed by atoms with Crippen LogP contribution in [0.4, 0.5) is 4.39 Å². The van der Waals surface area contributed by atoms with Crippen molar-refractivity contribution in [2.45, 2.75) is 45.7 Å². The Labute approximate surface area is 115 Å². The maximum Gasteiger partial charge on any atom is 0.123 e. The third-order valence-corrected chi connectivity index (χ3v) is 4.65. The molecule has 2 rings (SSSR count). The third-order valence-electron chi connectivity index (χ3n) is 4.65. The Bertz CT molecular complexity index is 433. The maximum absolute atomic E-state index is 13.5. The highest BCUT2D eigenvalue weighted by Gasteiger charge is 2.31. The zero-order chi connectivity index (χ0) is 14.0. The van der Waals surface area contributed by atoms with Crippen LogP contribution in [0.3, 0.4) is 0 Å². The minimum atomic E-state index is -0.170. The van der Waals surface area contributed by atoms with Gasteiger partial charge < -0.3 is 5.73 Å². The number of piperidine rings is 1. The van der Waals surface area contributed by atoms with Crippen molar-refractivity contribution in [1.82, 2.24) is 4.90 Å². The van der Waals surface area contributed by atoms with Crippen molar-refractivity contribution < 1.29 is 4.39 Å². The Kier molecular flexibility index (Phi) is 4.58. The summed E-state index contributed by atoms with van der Waals surface area (Å²) in [5.74, 6) is 0.508. The van der Waals surface area contributed by atoms with Gasteiger partial charge in [-0.2, -0.15) is 0 Å². The second-order valence-corrected chi connectivity index (χ2v) is 5.85. The topological polar surface area (TPSA) is 29.3 Å². The Morgan fingerprint density at radius 2 is 2.16 bits per heavy atom. The van der Waals surface area contributed by atoms with Crippen LogP contribution in [0.2, 0.25) is 0 Å². The fourth-order valence-electron chi connectivity index (χ4n) is 3.22. The molecule has 1 saturated heterocycles. The van der Waals surface area contributed by atoms with Gasteiger partial charge in [0.2, 0.25) is 0 Å². The Morgan fingerprint density at radius 1 is 1.42 bits per heavy atom. The van der Waals surface area contributed by atoms with Crippen molar-refractivity contribution in [2.75, 3.05) is 13.1 Å². The van der Waals surface area contributed by atoms with E-state index >= 15 is 0 Å². The summed E-state index contributed by atoms with van der Waals surface area (Å²) in [6, 6.07) is 5.66. The van der Waals surface area contributed by atoms with Crippen LogP contribution in [0, 0.1) is 18.7 Å². The minimum absolute atomic E-state index is 0.133. The number of likely N-dealkylation sites (tertiary alicyclic amines) is 1. The van der Waals surface area contributed by atoms with Gasteiger partial charge >= 0.3 is 0 Å². The zero-order valence-electron chi connectivity index (χ0n) is 12.2. The number of hydrogen-bond acceptors (Lipinski definition) is 2. The summed E-state index contributed by atoms with van der Waals surface area (Å²) in [5, 5.41) is 0. The Balaban J connectivity index is 2.30. The SMILES string of the molecule is Cc1ccc(F)cc1C(CN)N1CCCC(C)C1C. The second-order valence-electron chi connectivity index (χ2n) is 5.85. The molecule has 3 heteroatoms. The Hall–Kier alpha value is -0.930. The molecule has 19 heavy (non-hydrogen) atoms. The van der Waals surface area contributed by atoms with Crippen molar-refractivity contribution >= 4 is 0 Å². The van der Waals surface area contributed by atoms with Crippen LogP contribution in [-0.2, 0) is 0 Å². The average Bonchev–Trinajstić information content (AvgIpc) is 2.39. The lowest BCUT2D eigenvalue weighted by Gasteiger charge is -2.43. The monoisotopic (exact) mass is 264 g/mol. The van der Waals surface area contributed by atoms with Crippen LogP contribution in [0.1, 0.15) is 43.9 Å². The van der Waals surface area contributed by atoms with E-state index in [4.69, 9.17) is 5.73 Å². The maximum atomic E-state index is 13.5. The summed E-state index contributed by atoms with van der Waals surface area (Å²) in [5.41, 5.74) is 8.17. The minimum Gasteiger partial charge on any atom is -0.329 e. The van der Waals surface area contributed by atoms with Gasteiger partial charge in [-0.25, -0.2) is 4.39 Å². The zero-order valence-corrected chi connectivity index (χ0v) is 12.2. The molecule has 106 valence electrons. The molecule has 1 heterocycles. The summed E-state index contributed by atoms with van der Waals surface area (Å²) in [6.07, 6.45) is 2.48. The van der Waals surface area contributed by atoms with Gasteiger partial charge in [0.1, 0.15) is 5.82 Å². The highest BCUT2D eigenvalue weighted by atomic mass is 19.1. The lowest BCUT2D eigenvalue weighted by molar-refractivity contribution is 0.0706. The van der Waals surface area contributed by atoms with Crippen LogP contribution < -0.4 is 5.73 Å². The first-order valence-corrected chi connectivity index (χ1v) is 7.26. The van der Waals surface area contributed by atoms with E-state index in [9.17, 15) is 4.39 Å². The molecule has 1 aliphatic heterocycles. The molecule has 0 aliphatic carbocycles. The van der Waals surface area contributed by atoms with Crippen molar-refractivity contribution in [3.05, 3.63) is 35.1 Å². The molecule has 1 aromatic rings. The van der Waals surface area contributed by atoms with Crippen molar-refractivity contribution in [2.24, 2.45) is 11.7 Å². The van der Waals surface area contributed by atoms with E-state index in [1.54, 1.807) is 6.07 Å². The van der Waals surface area contributed by atoms with Crippen LogP contribution in [0.15, 0.2) is 18.2 Å². The molecule has 1 aromatic carbocycles. The van der Waals surface area contributed by atoms with Crippen molar-refractivity contribution in [3.63, 3.8) is 0 Å². The van der Waals surface area contributed by atoms with Gasteiger partial charge in [-0.05, 0) is 62.4 Å². The van der Waals surface area contributed by atoms with E-state index in [2.05, 4.69) is 18.7 Å².